The molecule has 5 nitrogen and oxygen atoms in total. The van der Waals surface area contributed by atoms with Gasteiger partial charge in [0.1, 0.15) is 11.6 Å². The number of H-pyrrole nitrogens is 1. The lowest BCUT2D eigenvalue weighted by atomic mass is 10.1. The number of hydrogen-bond acceptors (Lipinski definition) is 3. The van der Waals surface area contributed by atoms with Gasteiger partial charge < -0.3 is 9.72 Å². The second-order valence-electron chi connectivity index (χ2n) is 4.28. The molecule has 19 heavy (non-hydrogen) atoms. The average molecular weight is 255 g/mol. The first-order chi connectivity index (χ1) is 9.20. The van der Waals surface area contributed by atoms with Gasteiger partial charge in [0.2, 0.25) is 0 Å². The molecule has 0 aliphatic rings. The minimum atomic E-state index is -0.0370. The van der Waals surface area contributed by atoms with Gasteiger partial charge in [0.15, 0.2) is 5.43 Å². The Morgan fingerprint density at radius 2 is 2.21 bits per heavy atom. The second kappa shape index (κ2) is 4.28. The van der Waals surface area contributed by atoms with Crippen molar-refractivity contribution in [2.45, 2.75) is 6.92 Å². The van der Waals surface area contributed by atoms with Crippen LogP contribution < -0.4 is 10.2 Å². The van der Waals surface area contributed by atoms with E-state index in [0.717, 1.165) is 16.8 Å². The largest absolute Gasteiger partial charge is 0.496 e. The Morgan fingerprint density at radius 1 is 1.37 bits per heavy atom. The summed E-state index contributed by atoms with van der Waals surface area (Å²) in [7, 11) is 1.61. The Labute approximate surface area is 109 Å². The molecule has 1 N–H and O–H groups in total. The zero-order chi connectivity index (χ0) is 13.4. The number of nitrogens with zero attached hydrogens (tertiary/aromatic N) is 2. The molecule has 0 amide bonds. The molecule has 5 heteroatoms. The lowest BCUT2D eigenvalue weighted by Gasteiger charge is -2.10. The molecule has 0 atom stereocenters. The van der Waals surface area contributed by atoms with Crippen molar-refractivity contribution in [2.24, 2.45) is 0 Å². The molecular weight excluding hydrogens is 242 g/mol. The highest BCUT2D eigenvalue weighted by molar-refractivity contribution is 5.84. The number of fused-ring (bicyclic) bond motifs is 1. The normalized spacial score (nSPS) is 10.8. The maximum atomic E-state index is 12.1. The Morgan fingerprint density at radius 3 is 2.89 bits per heavy atom. The average Bonchev–Trinajstić information content (AvgIpc) is 2.94. The molecule has 0 fully saturated rings. The lowest BCUT2D eigenvalue weighted by Crippen LogP contribution is -2.08. The van der Waals surface area contributed by atoms with Crippen LogP contribution in [0.3, 0.4) is 0 Å². The fourth-order valence-electron chi connectivity index (χ4n) is 2.18. The van der Waals surface area contributed by atoms with Gasteiger partial charge in [-0.3, -0.25) is 4.79 Å². The quantitative estimate of drug-likeness (QED) is 0.762. The van der Waals surface area contributed by atoms with E-state index in [2.05, 4.69) is 10.1 Å². The van der Waals surface area contributed by atoms with E-state index < -0.39 is 0 Å². The topological polar surface area (TPSA) is 59.9 Å². The zero-order valence-electron chi connectivity index (χ0n) is 10.7. The number of aryl methyl sites for hydroxylation is 1. The highest BCUT2D eigenvalue weighted by Crippen LogP contribution is 2.24. The van der Waals surface area contributed by atoms with Crippen molar-refractivity contribution < 1.29 is 4.74 Å². The first kappa shape index (κ1) is 11.5. The van der Waals surface area contributed by atoms with Gasteiger partial charge in [-0.1, -0.05) is 0 Å². The number of ether oxygens (including phenoxy) is 1. The number of methoxy groups -OCH3 is 1. The third kappa shape index (κ3) is 1.79. The fourth-order valence-corrected chi connectivity index (χ4v) is 2.18. The number of benzene rings is 1. The van der Waals surface area contributed by atoms with Crippen molar-refractivity contribution in [3.8, 4) is 11.6 Å². The van der Waals surface area contributed by atoms with E-state index in [-0.39, 0.29) is 5.43 Å². The highest BCUT2D eigenvalue weighted by atomic mass is 16.5. The Balaban J connectivity index is 2.35. The van der Waals surface area contributed by atoms with Gasteiger partial charge >= 0.3 is 0 Å². The van der Waals surface area contributed by atoms with Crippen LogP contribution in [0.4, 0.5) is 0 Å². The van der Waals surface area contributed by atoms with Crippen LogP contribution in [0.15, 0.2) is 41.5 Å². The molecular formula is C14H13N3O2. The number of aromatic nitrogens is 3. The van der Waals surface area contributed by atoms with Crippen molar-refractivity contribution in [1.82, 2.24) is 14.8 Å². The van der Waals surface area contributed by atoms with Gasteiger partial charge in [0.05, 0.1) is 12.6 Å². The van der Waals surface area contributed by atoms with Crippen LogP contribution in [-0.4, -0.2) is 21.9 Å². The Hall–Kier alpha value is -2.56. The molecule has 0 unspecified atom stereocenters. The van der Waals surface area contributed by atoms with E-state index in [0.29, 0.717) is 11.2 Å². The van der Waals surface area contributed by atoms with Crippen LogP contribution in [0.1, 0.15) is 5.56 Å². The van der Waals surface area contributed by atoms with E-state index in [9.17, 15) is 4.79 Å². The smallest absolute Gasteiger partial charge is 0.191 e. The molecule has 2 aromatic heterocycles. The molecule has 96 valence electrons. The van der Waals surface area contributed by atoms with Crippen LogP contribution in [0.5, 0.6) is 5.75 Å². The maximum Gasteiger partial charge on any atom is 0.191 e. The second-order valence-corrected chi connectivity index (χ2v) is 4.28. The van der Waals surface area contributed by atoms with E-state index in [1.54, 1.807) is 48.5 Å². The minimum Gasteiger partial charge on any atom is -0.496 e. The van der Waals surface area contributed by atoms with Gasteiger partial charge in [-0.05, 0) is 25.1 Å². The Bertz CT molecular complexity index is 788. The highest BCUT2D eigenvalue weighted by Gasteiger charge is 2.09. The Kier molecular flexibility index (Phi) is 2.59. The van der Waals surface area contributed by atoms with E-state index in [1.165, 1.54) is 0 Å². The summed E-state index contributed by atoms with van der Waals surface area (Å²) in [5.74, 6) is 1.39. The monoisotopic (exact) mass is 255 g/mol. The third-order valence-corrected chi connectivity index (χ3v) is 3.17. The summed E-state index contributed by atoms with van der Waals surface area (Å²) in [5, 5.41) is 4.77. The molecule has 0 aliphatic carbocycles. The first-order valence-corrected chi connectivity index (χ1v) is 5.91. The van der Waals surface area contributed by atoms with Gasteiger partial charge in [-0.25, -0.2) is 4.68 Å². The fraction of sp³-hybridized carbons (Fsp3) is 0.143. The van der Waals surface area contributed by atoms with Crippen molar-refractivity contribution in [1.29, 1.82) is 0 Å². The zero-order valence-corrected chi connectivity index (χ0v) is 10.7. The minimum absolute atomic E-state index is 0.0370. The van der Waals surface area contributed by atoms with Crippen LogP contribution in [0, 0.1) is 6.92 Å². The van der Waals surface area contributed by atoms with E-state index in [1.807, 2.05) is 6.92 Å². The van der Waals surface area contributed by atoms with Crippen molar-refractivity contribution in [2.75, 3.05) is 7.11 Å². The molecule has 0 aliphatic heterocycles. The predicted molar refractivity (Wildman–Crippen MR) is 73.0 cm³/mol. The summed E-state index contributed by atoms with van der Waals surface area (Å²) in [6.07, 6.45) is 3.45. The molecule has 0 spiro atoms. The summed E-state index contributed by atoms with van der Waals surface area (Å²) in [5.41, 5.74) is 1.65. The van der Waals surface area contributed by atoms with Gasteiger partial charge in [-0.15, -0.1) is 0 Å². The number of pyridine rings is 1. The molecule has 0 radical (unpaired) electrons. The summed E-state index contributed by atoms with van der Waals surface area (Å²) in [4.78, 5) is 15.4. The van der Waals surface area contributed by atoms with Crippen LogP contribution in [0.25, 0.3) is 16.7 Å². The number of rotatable bonds is 2. The molecule has 0 saturated heterocycles. The van der Waals surface area contributed by atoms with Gasteiger partial charge in [-0.2, -0.15) is 5.10 Å². The summed E-state index contributed by atoms with van der Waals surface area (Å²) >= 11 is 0. The summed E-state index contributed by atoms with van der Waals surface area (Å²) in [6, 6.07) is 6.93. The van der Waals surface area contributed by atoms with E-state index in [4.69, 9.17) is 4.74 Å². The van der Waals surface area contributed by atoms with Crippen LogP contribution in [0.2, 0.25) is 0 Å². The maximum absolute atomic E-state index is 12.1. The number of aromatic amines is 1. The SMILES string of the molecule is COc1ccc2c(=O)cc(-n3cccn3)[nH]c2c1C. The molecule has 0 bridgehead atoms. The number of nitrogens with one attached hydrogen (secondary N) is 1. The van der Waals surface area contributed by atoms with E-state index >= 15 is 0 Å². The van der Waals surface area contributed by atoms with Crippen molar-refractivity contribution in [3.63, 3.8) is 0 Å². The summed E-state index contributed by atoms with van der Waals surface area (Å²) < 4.78 is 6.90. The summed E-state index contributed by atoms with van der Waals surface area (Å²) in [6.45, 7) is 1.92. The van der Waals surface area contributed by atoms with Crippen molar-refractivity contribution >= 4 is 10.9 Å². The van der Waals surface area contributed by atoms with Crippen LogP contribution >= 0.6 is 0 Å². The molecule has 2 heterocycles. The lowest BCUT2D eigenvalue weighted by molar-refractivity contribution is 0.412. The van der Waals surface area contributed by atoms with Gasteiger partial charge in [0, 0.05) is 29.4 Å². The predicted octanol–water partition coefficient (Wildman–Crippen LogP) is 2.03. The first-order valence-electron chi connectivity index (χ1n) is 5.91. The number of hydrogen-bond donors (Lipinski definition) is 1. The third-order valence-electron chi connectivity index (χ3n) is 3.17. The molecule has 3 aromatic rings. The standard InChI is InChI=1S/C14H13N3O2/c1-9-12(19-2)5-4-10-11(18)8-13(16-14(9)10)17-7-3-6-15-17/h3-8H,1-2H3,(H,16,18). The van der Waals surface area contributed by atoms with Crippen LogP contribution in [-0.2, 0) is 0 Å². The molecule has 3 rings (SSSR count). The molecule has 0 saturated carbocycles. The van der Waals surface area contributed by atoms with Gasteiger partial charge in [0.25, 0.3) is 0 Å². The molecule has 1 aromatic carbocycles. The van der Waals surface area contributed by atoms with Crippen molar-refractivity contribution in [3.05, 3.63) is 52.4 Å².